The molecule has 242 valence electrons. The van der Waals surface area contributed by atoms with Crippen LogP contribution in [0.2, 0.25) is 0 Å². The van der Waals surface area contributed by atoms with E-state index in [9.17, 15) is 18.0 Å². The van der Waals surface area contributed by atoms with Gasteiger partial charge in [0.2, 0.25) is 11.8 Å². The van der Waals surface area contributed by atoms with Gasteiger partial charge in [-0.3, -0.25) is 13.9 Å². The van der Waals surface area contributed by atoms with Gasteiger partial charge in [-0.2, -0.15) is 0 Å². The fourth-order valence-electron chi connectivity index (χ4n) is 5.02. The summed E-state index contributed by atoms with van der Waals surface area (Å²) in [5.41, 5.74) is 2.02. The van der Waals surface area contributed by atoms with Crippen molar-refractivity contribution in [3.8, 4) is 5.75 Å². The van der Waals surface area contributed by atoms with Gasteiger partial charge in [0.25, 0.3) is 10.0 Å². The molecule has 0 bridgehead atoms. The molecular formula is C36H40FN3O5S. The Morgan fingerprint density at radius 3 is 2.20 bits per heavy atom. The average molecular weight is 646 g/mol. The molecular weight excluding hydrogens is 605 g/mol. The number of carbonyl (C=O) groups is 2. The average Bonchev–Trinajstić information content (AvgIpc) is 3.06. The molecule has 0 fully saturated rings. The Bertz CT molecular complexity index is 1720. The quantitative estimate of drug-likeness (QED) is 0.174. The summed E-state index contributed by atoms with van der Waals surface area (Å²) >= 11 is 0. The van der Waals surface area contributed by atoms with E-state index < -0.39 is 40.2 Å². The lowest BCUT2D eigenvalue weighted by Crippen LogP contribution is -2.53. The number of ether oxygens (including phenoxy) is 1. The number of aryl methyl sites for hydroxylation is 1. The Morgan fingerprint density at radius 2 is 1.52 bits per heavy atom. The maximum Gasteiger partial charge on any atom is 0.264 e. The summed E-state index contributed by atoms with van der Waals surface area (Å²) in [6, 6.07) is 27.1. The van der Waals surface area contributed by atoms with Crippen LogP contribution in [-0.4, -0.2) is 50.9 Å². The van der Waals surface area contributed by atoms with Crippen molar-refractivity contribution in [2.75, 3.05) is 24.0 Å². The van der Waals surface area contributed by atoms with E-state index in [1.165, 1.54) is 23.1 Å². The van der Waals surface area contributed by atoms with Gasteiger partial charge >= 0.3 is 0 Å². The first-order valence-electron chi connectivity index (χ1n) is 15.3. The van der Waals surface area contributed by atoms with Crippen molar-refractivity contribution < 1.29 is 27.1 Å². The Kier molecular flexibility index (Phi) is 11.9. The smallest absolute Gasteiger partial charge is 0.264 e. The largest absolute Gasteiger partial charge is 0.492 e. The molecule has 0 saturated carbocycles. The summed E-state index contributed by atoms with van der Waals surface area (Å²) in [6.45, 7) is 5.26. The van der Waals surface area contributed by atoms with Gasteiger partial charge in [-0.05, 0) is 56.2 Å². The predicted octanol–water partition coefficient (Wildman–Crippen LogP) is 5.89. The third kappa shape index (κ3) is 8.51. The summed E-state index contributed by atoms with van der Waals surface area (Å²) in [5.74, 6) is -1.37. The fourth-order valence-corrected chi connectivity index (χ4v) is 6.45. The van der Waals surface area contributed by atoms with Crippen LogP contribution in [0.5, 0.6) is 5.75 Å². The number of halogens is 1. The van der Waals surface area contributed by atoms with E-state index in [0.717, 1.165) is 15.4 Å². The summed E-state index contributed by atoms with van der Waals surface area (Å²) in [6.07, 6.45) is 0.804. The molecule has 0 spiro atoms. The lowest BCUT2D eigenvalue weighted by Gasteiger charge is -2.34. The zero-order valence-corrected chi connectivity index (χ0v) is 27.2. The molecule has 0 unspecified atom stereocenters. The number of amides is 2. The number of hydrogen-bond acceptors (Lipinski definition) is 5. The van der Waals surface area contributed by atoms with Gasteiger partial charge in [0, 0.05) is 25.1 Å². The molecule has 1 atom stereocenters. The van der Waals surface area contributed by atoms with Gasteiger partial charge in [0.1, 0.15) is 24.2 Å². The summed E-state index contributed by atoms with van der Waals surface area (Å²) in [4.78, 5) is 29.5. The third-order valence-electron chi connectivity index (χ3n) is 7.44. The van der Waals surface area contributed by atoms with E-state index in [2.05, 4.69) is 5.32 Å². The van der Waals surface area contributed by atoms with Crippen molar-refractivity contribution in [2.45, 2.75) is 51.1 Å². The van der Waals surface area contributed by atoms with Crippen molar-refractivity contribution in [3.05, 3.63) is 126 Å². The van der Waals surface area contributed by atoms with Crippen molar-refractivity contribution in [3.63, 3.8) is 0 Å². The first kappa shape index (κ1) is 34.2. The van der Waals surface area contributed by atoms with Crippen molar-refractivity contribution in [1.29, 1.82) is 0 Å². The fraction of sp³-hybridized carbons (Fsp3) is 0.278. The Balaban J connectivity index is 1.84. The number of para-hydroxylation sites is 2. The predicted molar refractivity (Wildman–Crippen MR) is 178 cm³/mol. The number of benzene rings is 4. The van der Waals surface area contributed by atoms with Crippen LogP contribution in [0.1, 0.15) is 37.0 Å². The van der Waals surface area contributed by atoms with Crippen LogP contribution in [0.25, 0.3) is 0 Å². The van der Waals surface area contributed by atoms with Crippen LogP contribution in [0.4, 0.5) is 10.1 Å². The van der Waals surface area contributed by atoms with Gasteiger partial charge in [0.15, 0.2) is 0 Å². The van der Waals surface area contributed by atoms with Crippen LogP contribution in [0.3, 0.4) is 0 Å². The lowest BCUT2D eigenvalue weighted by atomic mass is 10.0. The van der Waals surface area contributed by atoms with E-state index >= 15 is 4.39 Å². The van der Waals surface area contributed by atoms with Crippen molar-refractivity contribution >= 4 is 27.5 Å². The Morgan fingerprint density at radius 1 is 0.870 bits per heavy atom. The second kappa shape index (κ2) is 16.0. The minimum Gasteiger partial charge on any atom is -0.492 e. The van der Waals surface area contributed by atoms with E-state index in [1.807, 2.05) is 44.2 Å². The van der Waals surface area contributed by atoms with Gasteiger partial charge in [-0.1, -0.05) is 85.3 Å². The molecule has 2 amide bonds. The van der Waals surface area contributed by atoms with Gasteiger partial charge in [-0.25, -0.2) is 12.8 Å². The summed E-state index contributed by atoms with van der Waals surface area (Å²) in [5, 5.41) is 2.88. The summed E-state index contributed by atoms with van der Waals surface area (Å²) < 4.78 is 50.4. The van der Waals surface area contributed by atoms with E-state index in [4.69, 9.17) is 4.74 Å². The lowest BCUT2D eigenvalue weighted by molar-refractivity contribution is -0.140. The number of hydrogen-bond donors (Lipinski definition) is 1. The van der Waals surface area contributed by atoms with E-state index in [1.54, 1.807) is 61.5 Å². The van der Waals surface area contributed by atoms with E-state index in [-0.39, 0.29) is 41.5 Å². The number of anilines is 1. The molecule has 8 nitrogen and oxygen atoms in total. The molecule has 0 saturated heterocycles. The van der Waals surface area contributed by atoms with Crippen LogP contribution in [-0.2, 0) is 32.6 Å². The molecule has 4 rings (SSSR count). The van der Waals surface area contributed by atoms with Crippen LogP contribution in [0.15, 0.2) is 108 Å². The highest BCUT2D eigenvalue weighted by molar-refractivity contribution is 7.92. The highest BCUT2D eigenvalue weighted by atomic mass is 32.2. The topological polar surface area (TPSA) is 96.0 Å². The molecule has 0 aliphatic rings. The molecule has 1 N–H and O–H groups in total. The number of rotatable bonds is 15. The molecule has 0 aromatic heterocycles. The van der Waals surface area contributed by atoms with Crippen molar-refractivity contribution in [1.82, 2.24) is 10.2 Å². The highest BCUT2D eigenvalue weighted by Crippen LogP contribution is 2.33. The zero-order valence-electron chi connectivity index (χ0n) is 26.4. The van der Waals surface area contributed by atoms with E-state index in [0.29, 0.717) is 13.0 Å². The number of nitrogens with one attached hydrogen (secondary N) is 1. The SMILES string of the molecule is CCCNC(=O)[C@H](Cc1ccccc1)N(Cc1ccccc1F)C(=O)CN(c1ccccc1OCC)S(=O)(=O)c1ccc(C)cc1. The number of nitrogens with zero attached hydrogens (tertiary/aromatic N) is 2. The summed E-state index contributed by atoms with van der Waals surface area (Å²) in [7, 11) is -4.31. The molecule has 0 heterocycles. The maximum absolute atomic E-state index is 15.1. The zero-order chi connectivity index (χ0) is 33.1. The first-order valence-corrected chi connectivity index (χ1v) is 16.8. The minimum absolute atomic E-state index is 0.0145. The molecule has 0 aliphatic carbocycles. The normalized spacial score (nSPS) is 11.8. The second-order valence-electron chi connectivity index (χ2n) is 10.8. The molecule has 4 aromatic carbocycles. The van der Waals surface area contributed by atoms with Crippen molar-refractivity contribution in [2.24, 2.45) is 0 Å². The molecule has 0 radical (unpaired) electrons. The minimum atomic E-state index is -4.31. The maximum atomic E-state index is 15.1. The van der Waals surface area contributed by atoms with Gasteiger partial charge in [-0.15, -0.1) is 0 Å². The monoisotopic (exact) mass is 645 g/mol. The van der Waals surface area contributed by atoms with Crippen LogP contribution < -0.4 is 14.4 Å². The van der Waals surface area contributed by atoms with Gasteiger partial charge < -0.3 is 15.0 Å². The van der Waals surface area contributed by atoms with Crippen LogP contribution >= 0.6 is 0 Å². The Hall–Kier alpha value is -4.70. The number of sulfonamides is 1. The van der Waals surface area contributed by atoms with Gasteiger partial charge in [0.05, 0.1) is 17.2 Å². The molecule has 46 heavy (non-hydrogen) atoms. The number of carbonyl (C=O) groups excluding carboxylic acids is 2. The highest BCUT2D eigenvalue weighted by Gasteiger charge is 2.35. The standard InChI is InChI=1S/C36H40FN3O5S/c1-4-23-38-36(42)33(24-28-13-7-6-8-14-28)39(25-29-15-9-10-16-31(29)37)35(41)26-40(32-17-11-12-18-34(32)45-5-2)46(43,44)30-21-19-27(3)20-22-30/h6-22,33H,4-5,23-26H2,1-3H3,(H,38,42)/t33-/m0/s1. The van der Waals surface area contributed by atoms with Crippen LogP contribution in [0, 0.1) is 12.7 Å². The molecule has 0 aliphatic heterocycles. The first-order chi connectivity index (χ1) is 22.1. The molecule has 4 aromatic rings. The Labute approximate surface area is 270 Å². The third-order valence-corrected chi connectivity index (χ3v) is 9.21. The molecule has 10 heteroatoms. The second-order valence-corrected chi connectivity index (χ2v) is 12.7.